The molecule has 0 aliphatic carbocycles. The smallest absolute Gasteiger partial charge is 0.267 e. The molecule has 3 N–H and O–H groups in total. The summed E-state index contributed by atoms with van der Waals surface area (Å²) in [6, 6.07) is 1.53. The first kappa shape index (κ1) is 14.5. The monoisotopic (exact) mass is 281 g/mol. The van der Waals surface area contributed by atoms with Gasteiger partial charge in [0.05, 0.1) is 19.8 Å². The van der Waals surface area contributed by atoms with Crippen molar-refractivity contribution in [2.45, 2.75) is 0 Å². The van der Waals surface area contributed by atoms with Gasteiger partial charge < -0.3 is 25.4 Å². The van der Waals surface area contributed by atoms with Gasteiger partial charge in [-0.3, -0.25) is 4.79 Å². The van der Waals surface area contributed by atoms with Crippen molar-refractivity contribution in [3.05, 3.63) is 11.8 Å². The van der Waals surface area contributed by atoms with Gasteiger partial charge >= 0.3 is 0 Å². The first-order valence-electron chi connectivity index (χ1n) is 6.45. The molecule has 1 saturated heterocycles. The minimum absolute atomic E-state index is 0.000699. The van der Waals surface area contributed by atoms with Gasteiger partial charge in [-0.25, -0.2) is 4.98 Å². The molecule has 0 radical (unpaired) electrons. The van der Waals surface area contributed by atoms with Crippen molar-refractivity contribution in [3.8, 4) is 0 Å². The molecule has 20 heavy (non-hydrogen) atoms. The normalized spacial score (nSPS) is 15.2. The minimum Gasteiger partial charge on any atom is -0.395 e. The third-order valence-electron chi connectivity index (χ3n) is 3.07. The second-order valence-electron chi connectivity index (χ2n) is 4.52. The maximum atomic E-state index is 11.4. The standard InChI is InChI=1S/C12H19N5O3/c1-16(2-5-18)10-8-9(11(13)19)14-12(15-10)17-3-6-20-7-4-17/h8,18H,2-7H2,1H3,(H2,13,19). The van der Waals surface area contributed by atoms with E-state index < -0.39 is 5.91 Å². The van der Waals surface area contributed by atoms with Crippen LogP contribution in [0.2, 0.25) is 0 Å². The minimum atomic E-state index is -0.597. The van der Waals surface area contributed by atoms with Crippen molar-refractivity contribution in [1.82, 2.24) is 9.97 Å². The van der Waals surface area contributed by atoms with Crippen molar-refractivity contribution in [2.24, 2.45) is 5.73 Å². The molecule has 0 saturated carbocycles. The summed E-state index contributed by atoms with van der Waals surface area (Å²) in [6.07, 6.45) is 0. The predicted molar refractivity (Wildman–Crippen MR) is 73.9 cm³/mol. The van der Waals surface area contributed by atoms with E-state index in [9.17, 15) is 4.79 Å². The van der Waals surface area contributed by atoms with Gasteiger partial charge in [0.25, 0.3) is 5.91 Å². The molecule has 8 nitrogen and oxygen atoms in total. The summed E-state index contributed by atoms with van der Waals surface area (Å²) < 4.78 is 5.28. The molecule has 0 unspecified atom stereocenters. The van der Waals surface area contributed by atoms with Crippen LogP contribution in [0.25, 0.3) is 0 Å². The first-order chi connectivity index (χ1) is 9.61. The lowest BCUT2D eigenvalue weighted by molar-refractivity contribution is 0.0995. The molecule has 1 aliphatic heterocycles. The maximum absolute atomic E-state index is 11.4. The Morgan fingerprint density at radius 1 is 1.50 bits per heavy atom. The van der Waals surface area contributed by atoms with Crippen LogP contribution in [0.1, 0.15) is 10.5 Å². The number of nitrogens with zero attached hydrogens (tertiary/aromatic N) is 4. The average molecular weight is 281 g/mol. The fourth-order valence-electron chi connectivity index (χ4n) is 1.91. The Bertz CT molecular complexity index is 476. The van der Waals surface area contributed by atoms with E-state index in [1.807, 2.05) is 4.90 Å². The van der Waals surface area contributed by atoms with Crippen molar-refractivity contribution in [3.63, 3.8) is 0 Å². The van der Waals surface area contributed by atoms with E-state index in [-0.39, 0.29) is 12.3 Å². The average Bonchev–Trinajstić information content (AvgIpc) is 2.48. The zero-order valence-electron chi connectivity index (χ0n) is 11.4. The van der Waals surface area contributed by atoms with Crippen molar-refractivity contribution in [1.29, 1.82) is 0 Å². The van der Waals surface area contributed by atoms with Gasteiger partial charge in [-0.1, -0.05) is 0 Å². The predicted octanol–water partition coefficient (Wildman–Crippen LogP) is -1.16. The highest BCUT2D eigenvalue weighted by Gasteiger charge is 2.18. The van der Waals surface area contributed by atoms with Crippen LogP contribution < -0.4 is 15.5 Å². The van der Waals surface area contributed by atoms with Crippen LogP contribution in [0.15, 0.2) is 6.07 Å². The number of hydrogen-bond acceptors (Lipinski definition) is 7. The van der Waals surface area contributed by atoms with Gasteiger partial charge in [-0.2, -0.15) is 4.98 Å². The number of hydrogen-bond donors (Lipinski definition) is 2. The first-order valence-corrected chi connectivity index (χ1v) is 6.45. The van der Waals surface area contributed by atoms with Gasteiger partial charge in [0.2, 0.25) is 5.95 Å². The van der Waals surface area contributed by atoms with E-state index in [0.29, 0.717) is 44.6 Å². The van der Waals surface area contributed by atoms with Crippen LogP contribution in [0.3, 0.4) is 0 Å². The van der Waals surface area contributed by atoms with Gasteiger partial charge in [0.15, 0.2) is 0 Å². The molecule has 1 fully saturated rings. The molecule has 0 spiro atoms. The lowest BCUT2D eigenvalue weighted by atomic mass is 10.3. The molecule has 1 aliphatic rings. The Morgan fingerprint density at radius 3 is 2.80 bits per heavy atom. The Labute approximate surface area is 117 Å². The van der Waals surface area contributed by atoms with Gasteiger partial charge in [0, 0.05) is 32.7 Å². The number of ether oxygens (including phenoxy) is 1. The topological polar surface area (TPSA) is 105 Å². The SMILES string of the molecule is CN(CCO)c1cc(C(N)=O)nc(N2CCOCC2)n1. The fraction of sp³-hybridized carbons (Fsp3) is 0.583. The number of aliphatic hydroxyl groups is 1. The van der Waals surface area contributed by atoms with E-state index in [0.717, 1.165) is 0 Å². The molecule has 1 aromatic rings. The largest absolute Gasteiger partial charge is 0.395 e. The Hall–Kier alpha value is -1.93. The molecular formula is C12H19N5O3. The highest BCUT2D eigenvalue weighted by Crippen LogP contribution is 2.17. The number of carbonyl (C=O) groups is 1. The Kier molecular flexibility index (Phi) is 4.70. The lowest BCUT2D eigenvalue weighted by Crippen LogP contribution is -2.38. The summed E-state index contributed by atoms with van der Waals surface area (Å²) in [5, 5.41) is 8.99. The molecule has 0 atom stereocenters. The van der Waals surface area contributed by atoms with E-state index in [2.05, 4.69) is 9.97 Å². The van der Waals surface area contributed by atoms with Crippen molar-refractivity contribution >= 4 is 17.7 Å². The second-order valence-corrected chi connectivity index (χ2v) is 4.52. The van der Waals surface area contributed by atoms with E-state index in [1.165, 1.54) is 6.07 Å². The summed E-state index contributed by atoms with van der Waals surface area (Å²) in [4.78, 5) is 23.7. The van der Waals surface area contributed by atoms with Gasteiger partial charge in [0.1, 0.15) is 11.5 Å². The number of likely N-dealkylation sites (N-methyl/N-ethyl adjacent to an activating group) is 1. The summed E-state index contributed by atoms with van der Waals surface area (Å²) >= 11 is 0. The molecule has 0 bridgehead atoms. The summed E-state index contributed by atoms with van der Waals surface area (Å²) in [7, 11) is 1.78. The number of primary amides is 1. The molecule has 1 amide bonds. The quantitative estimate of drug-likeness (QED) is 0.701. The third-order valence-corrected chi connectivity index (χ3v) is 3.07. The summed E-state index contributed by atoms with van der Waals surface area (Å²) in [6.45, 7) is 2.96. The fourth-order valence-corrected chi connectivity index (χ4v) is 1.91. The van der Waals surface area contributed by atoms with Crippen LogP contribution in [-0.2, 0) is 4.74 Å². The lowest BCUT2D eigenvalue weighted by Gasteiger charge is -2.28. The van der Waals surface area contributed by atoms with Crippen LogP contribution in [-0.4, -0.2) is 67.5 Å². The van der Waals surface area contributed by atoms with E-state index >= 15 is 0 Å². The van der Waals surface area contributed by atoms with Crippen molar-refractivity contribution in [2.75, 3.05) is 56.3 Å². The number of amides is 1. The molecule has 0 aromatic carbocycles. The third kappa shape index (κ3) is 3.34. The molecule has 2 rings (SSSR count). The number of aromatic nitrogens is 2. The second kappa shape index (κ2) is 6.49. The molecule has 2 heterocycles. The Balaban J connectivity index is 2.32. The van der Waals surface area contributed by atoms with Gasteiger partial charge in [-0.05, 0) is 0 Å². The highest BCUT2D eigenvalue weighted by molar-refractivity contribution is 5.91. The number of anilines is 2. The van der Waals surface area contributed by atoms with Gasteiger partial charge in [-0.15, -0.1) is 0 Å². The number of rotatable bonds is 5. The molecular weight excluding hydrogens is 262 g/mol. The number of aliphatic hydroxyl groups excluding tert-OH is 1. The highest BCUT2D eigenvalue weighted by atomic mass is 16.5. The van der Waals surface area contributed by atoms with Crippen LogP contribution in [0.5, 0.6) is 0 Å². The number of carbonyl (C=O) groups excluding carboxylic acids is 1. The zero-order chi connectivity index (χ0) is 14.5. The molecule has 110 valence electrons. The van der Waals surface area contributed by atoms with E-state index in [1.54, 1.807) is 11.9 Å². The van der Waals surface area contributed by atoms with Crippen LogP contribution in [0, 0.1) is 0 Å². The molecule has 1 aromatic heterocycles. The summed E-state index contributed by atoms with van der Waals surface area (Å²) in [5.74, 6) is 0.425. The molecule has 8 heteroatoms. The number of nitrogens with two attached hydrogens (primary N) is 1. The van der Waals surface area contributed by atoms with Crippen LogP contribution in [0.4, 0.5) is 11.8 Å². The van der Waals surface area contributed by atoms with Crippen molar-refractivity contribution < 1.29 is 14.6 Å². The maximum Gasteiger partial charge on any atom is 0.267 e. The Morgan fingerprint density at radius 2 is 2.20 bits per heavy atom. The summed E-state index contributed by atoms with van der Waals surface area (Å²) in [5.41, 5.74) is 5.48. The van der Waals surface area contributed by atoms with Crippen LogP contribution >= 0.6 is 0 Å². The zero-order valence-corrected chi connectivity index (χ0v) is 11.4. The number of morpholine rings is 1. The van der Waals surface area contributed by atoms with E-state index in [4.69, 9.17) is 15.6 Å².